The fraction of sp³-hybridized carbons (Fsp3) is 0.143. The average Bonchev–Trinajstić information content (AvgIpc) is 2.41. The summed E-state index contributed by atoms with van der Waals surface area (Å²) < 4.78 is 13.7. The van der Waals surface area contributed by atoms with Crippen molar-refractivity contribution in [2.24, 2.45) is 0 Å². The molecule has 102 valence electrons. The van der Waals surface area contributed by atoms with Crippen LogP contribution in [0.25, 0.3) is 0 Å². The Morgan fingerprint density at radius 2 is 2.15 bits per heavy atom. The van der Waals surface area contributed by atoms with Crippen LogP contribution in [0.4, 0.5) is 10.1 Å². The smallest absolute Gasteiger partial charge is 0.272 e. The van der Waals surface area contributed by atoms with E-state index in [0.29, 0.717) is 5.69 Å². The van der Waals surface area contributed by atoms with Crippen molar-refractivity contribution in [3.8, 4) is 0 Å². The number of hydrogen-bond donors (Lipinski definition) is 0. The molecule has 1 heterocycles. The van der Waals surface area contributed by atoms with Crippen molar-refractivity contribution >= 4 is 11.5 Å². The molecule has 0 bridgehead atoms. The molecule has 2 aromatic rings. The van der Waals surface area contributed by atoms with Crippen molar-refractivity contribution in [2.75, 3.05) is 0 Å². The Hall–Kier alpha value is -2.63. The maximum Gasteiger partial charge on any atom is 0.272 e. The van der Waals surface area contributed by atoms with Crippen LogP contribution in [-0.4, -0.2) is 15.7 Å². The first-order valence-electron chi connectivity index (χ1n) is 5.86. The van der Waals surface area contributed by atoms with E-state index in [2.05, 4.69) is 4.98 Å². The van der Waals surface area contributed by atoms with Gasteiger partial charge in [-0.1, -0.05) is 6.07 Å². The standard InChI is InChI=1S/C14H11FN2O3/c1-9-3-2-6-16-13(9)8-14(18)11-5-4-10(17(19)20)7-12(11)15/h2-7H,8H2,1H3. The molecule has 5 nitrogen and oxygen atoms in total. The predicted molar refractivity (Wildman–Crippen MR) is 70.1 cm³/mol. The zero-order valence-corrected chi connectivity index (χ0v) is 10.7. The lowest BCUT2D eigenvalue weighted by atomic mass is 10.0. The van der Waals surface area contributed by atoms with Gasteiger partial charge in [-0.25, -0.2) is 4.39 Å². The van der Waals surface area contributed by atoms with Crippen molar-refractivity contribution in [1.29, 1.82) is 0 Å². The van der Waals surface area contributed by atoms with Crippen LogP contribution in [0.15, 0.2) is 36.5 Å². The number of nitro benzene ring substituents is 1. The number of aryl methyl sites for hydroxylation is 1. The van der Waals surface area contributed by atoms with Crippen LogP contribution in [0, 0.1) is 22.9 Å². The molecule has 0 radical (unpaired) electrons. The molecule has 0 saturated carbocycles. The average molecular weight is 274 g/mol. The molecule has 6 heteroatoms. The third kappa shape index (κ3) is 2.85. The highest BCUT2D eigenvalue weighted by atomic mass is 19.1. The van der Waals surface area contributed by atoms with Gasteiger partial charge in [-0.2, -0.15) is 0 Å². The van der Waals surface area contributed by atoms with Crippen LogP contribution in [0.3, 0.4) is 0 Å². The number of nitro groups is 1. The van der Waals surface area contributed by atoms with Crippen LogP contribution in [0.1, 0.15) is 21.6 Å². The molecule has 0 unspecified atom stereocenters. The Kier molecular flexibility index (Phi) is 3.84. The van der Waals surface area contributed by atoms with Gasteiger partial charge in [-0.05, 0) is 24.6 Å². The molecule has 0 aliphatic heterocycles. The highest BCUT2D eigenvalue weighted by Gasteiger charge is 2.17. The van der Waals surface area contributed by atoms with Crippen LogP contribution in [0.2, 0.25) is 0 Å². The van der Waals surface area contributed by atoms with Crippen LogP contribution in [-0.2, 0) is 6.42 Å². The van der Waals surface area contributed by atoms with E-state index in [9.17, 15) is 19.3 Å². The Balaban J connectivity index is 2.26. The van der Waals surface area contributed by atoms with E-state index in [1.54, 1.807) is 12.3 Å². The Morgan fingerprint density at radius 3 is 2.75 bits per heavy atom. The summed E-state index contributed by atoms with van der Waals surface area (Å²) in [6, 6.07) is 6.55. The molecule has 0 saturated heterocycles. The molecule has 0 amide bonds. The lowest BCUT2D eigenvalue weighted by molar-refractivity contribution is -0.385. The highest BCUT2D eigenvalue weighted by molar-refractivity contribution is 5.97. The summed E-state index contributed by atoms with van der Waals surface area (Å²) in [6.07, 6.45) is 1.52. The quantitative estimate of drug-likeness (QED) is 0.488. The summed E-state index contributed by atoms with van der Waals surface area (Å²) in [5.41, 5.74) is 0.854. The minimum absolute atomic E-state index is 0.0403. The van der Waals surface area contributed by atoms with Gasteiger partial charge in [-0.3, -0.25) is 19.9 Å². The zero-order valence-electron chi connectivity index (χ0n) is 10.7. The first-order chi connectivity index (χ1) is 9.49. The Morgan fingerprint density at radius 1 is 1.40 bits per heavy atom. The number of rotatable bonds is 4. The summed E-state index contributed by atoms with van der Waals surface area (Å²) in [5, 5.41) is 10.5. The minimum Gasteiger partial charge on any atom is -0.294 e. The third-order valence-corrected chi connectivity index (χ3v) is 2.91. The number of hydrogen-bond acceptors (Lipinski definition) is 4. The van der Waals surface area contributed by atoms with Crippen molar-refractivity contribution in [2.45, 2.75) is 13.3 Å². The third-order valence-electron chi connectivity index (χ3n) is 2.91. The predicted octanol–water partition coefficient (Wildman–Crippen LogP) is 2.86. The van der Waals surface area contributed by atoms with Crippen molar-refractivity contribution in [1.82, 2.24) is 4.98 Å². The van der Waals surface area contributed by atoms with Gasteiger partial charge < -0.3 is 0 Å². The second-order valence-electron chi connectivity index (χ2n) is 4.29. The number of benzene rings is 1. The van der Waals surface area contributed by atoms with Gasteiger partial charge >= 0.3 is 0 Å². The Labute approximate surface area is 114 Å². The van der Waals surface area contributed by atoms with Crippen molar-refractivity contribution < 1.29 is 14.1 Å². The van der Waals surface area contributed by atoms with E-state index < -0.39 is 16.5 Å². The summed E-state index contributed by atoms with van der Waals surface area (Å²) in [6.45, 7) is 1.81. The summed E-state index contributed by atoms with van der Waals surface area (Å²) in [5.74, 6) is -1.35. The van der Waals surface area contributed by atoms with Crippen LogP contribution in [0.5, 0.6) is 0 Å². The van der Waals surface area contributed by atoms with Crippen LogP contribution >= 0.6 is 0 Å². The van der Waals surface area contributed by atoms with Gasteiger partial charge in [0.05, 0.1) is 28.7 Å². The topological polar surface area (TPSA) is 73.1 Å². The van der Waals surface area contributed by atoms with Gasteiger partial charge in [-0.15, -0.1) is 0 Å². The maximum absolute atomic E-state index is 13.7. The molecule has 20 heavy (non-hydrogen) atoms. The van der Waals surface area contributed by atoms with Gasteiger partial charge in [0.1, 0.15) is 5.82 Å². The fourth-order valence-corrected chi connectivity index (χ4v) is 1.79. The molecule has 0 atom stereocenters. The van der Waals surface area contributed by atoms with Gasteiger partial charge in [0.2, 0.25) is 0 Å². The number of halogens is 1. The molecule has 0 aliphatic carbocycles. The SMILES string of the molecule is Cc1cccnc1CC(=O)c1ccc([N+](=O)[O-])cc1F. The molecule has 1 aromatic carbocycles. The molecular weight excluding hydrogens is 263 g/mol. The van der Waals surface area contributed by atoms with E-state index in [4.69, 9.17) is 0 Å². The number of aromatic nitrogens is 1. The van der Waals surface area contributed by atoms with Gasteiger partial charge in [0.15, 0.2) is 5.78 Å². The molecule has 0 N–H and O–H groups in total. The number of non-ortho nitro benzene ring substituents is 1. The van der Waals surface area contributed by atoms with Crippen LogP contribution < -0.4 is 0 Å². The minimum atomic E-state index is -0.891. The van der Waals surface area contributed by atoms with Crippen molar-refractivity contribution in [3.63, 3.8) is 0 Å². The zero-order chi connectivity index (χ0) is 14.7. The van der Waals surface area contributed by atoms with Gasteiger partial charge in [0, 0.05) is 12.3 Å². The normalized spacial score (nSPS) is 10.3. The molecule has 1 aromatic heterocycles. The maximum atomic E-state index is 13.7. The summed E-state index contributed by atoms with van der Waals surface area (Å²) in [7, 11) is 0. The number of nitrogens with zero attached hydrogens (tertiary/aromatic N) is 2. The van der Waals surface area contributed by atoms with Crippen molar-refractivity contribution in [3.05, 3.63) is 69.3 Å². The first-order valence-corrected chi connectivity index (χ1v) is 5.86. The number of carbonyl (C=O) groups is 1. The molecule has 0 spiro atoms. The van der Waals surface area contributed by atoms with E-state index >= 15 is 0 Å². The number of Topliss-reactive ketones (excluding diaryl/α,β-unsaturated/α-hetero) is 1. The number of ketones is 1. The summed E-state index contributed by atoms with van der Waals surface area (Å²) >= 11 is 0. The highest BCUT2D eigenvalue weighted by Crippen LogP contribution is 2.18. The molecule has 0 fully saturated rings. The largest absolute Gasteiger partial charge is 0.294 e. The number of pyridine rings is 1. The molecular formula is C14H11FN2O3. The Bertz CT molecular complexity index is 686. The van der Waals surface area contributed by atoms with E-state index in [-0.39, 0.29) is 17.7 Å². The second kappa shape index (κ2) is 5.56. The lowest BCUT2D eigenvalue weighted by Crippen LogP contribution is -2.09. The number of carbonyl (C=O) groups excluding carboxylic acids is 1. The molecule has 2 rings (SSSR count). The van der Waals surface area contributed by atoms with E-state index in [1.807, 2.05) is 13.0 Å². The monoisotopic (exact) mass is 274 g/mol. The fourth-order valence-electron chi connectivity index (χ4n) is 1.79. The second-order valence-corrected chi connectivity index (χ2v) is 4.29. The summed E-state index contributed by atoms with van der Waals surface area (Å²) in [4.78, 5) is 25.9. The van der Waals surface area contributed by atoms with Gasteiger partial charge in [0.25, 0.3) is 5.69 Å². The molecule has 0 aliphatic rings. The van der Waals surface area contributed by atoms with E-state index in [0.717, 1.165) is 23.8 Å². The first kappa shape index (κ1) is 13.8. The lowest BCUT2D eigenvalue weighted by Gasteiger charge is -2.05. The van der Waals surface area contributed by atoms with E-state index in [1.165, 1.54) is 0 Å².